The molecule has 3 aliphatic heterocycles. The molecule has 1 amide bonds. The van der Waals surface area contributed by atoms with Gasteiger partial charge < -0.3 is 89.9 Å². The molecule has 0 saturated carbocycles. The Kier molecular flexibility index (Phi) is 41.8. The van der Waals surface area contributed by atoms with Gasteiger partial charge in [0.1, 0.15) is 73.2 Å². The summed E-state index contributed by atoms with van der Waals surface area (Å²) in [6.45, 7) is 1.69. The van der Waals surface area contributed by atoms with Gasteiger partial charge in [0.15, 0.2) is 18.9 Å². The maximum atomic E-state index is 13.3. The lowest BCUT2D eigenvalue weighted by Gasteiger charge is -2.48. The van der Waals surface area contributed by atoms with Gasteiger partial charge in [-0.15, -0.1) is 0 Å². The SMILES string of the molecule is CCCCCCCCCCCCCCCCCC/C=C/CC/C=C/CC/C=C/C(O)C(COC1OC(CO)C(OC2OC(CO)C(OC3OC(CO)C(O)C(O)C3O)C(O)C2O)C(O)C1O)NC(=O)CCCCCCCCCCCCC. The summed E-state index contributed by atoms with van der Waals surface area (Å²) in [6.07, 6.45) is 24.3. The first-order chi connectivity index (χ1) is 39.8. The number of ether oxygens (including phenoxy) is 6. The van der Waals surface area contributed by atoms with Crippen LogP contribution in [-0.4, -0.2) is 193 Å². The van der Waals surface area contributed by atoms with E-state index in [2.05, 4.69) is 43.5 Å². The molecule has 3 rings (SSSR count). The van der Waals surface area contributed by atoms with Crippen LogP contribution in [-0.2, 0) is 33.2 Å². The van der Waals surface area contributed by atoms with Gasteiger partial charge in [0.05, 0.1) is 38.6 Å². The average Bonchev–Trinajstić information content (AvgIpc) is 3.54. The molecule has 17 atom stereocenters. The number of allylic oxidation sites excluding steroid dienone is 5. The lowest BCUT2D eigenvalue weighted by molar-refractivity contribution is -0.379. The molecule has 19 heteroatoms. The first-order valence-electron chi connectivity index (χ1n) is 32.2. The molecule has 480 valence electrons. The Balaban J connectivity index is 1.46. The third-order valence-corrected chi connectivity index (χ3v) is 16.2. The fraction of sp³-hybridized carbons (Fsp3) is 0.889. The number of carbonyl (C=O) groups is 1. The number of aliphatic hydroxyl groups excluding tert-OH is 11. The van der Waals surface area contributed by atoms with E-state index in [1.54, 1.807) is 6.08 Å². The van der Waals surface area contributed by atoms with Crippen molar-refractivity contribution < 1.29 is 89.4 Å². The quantitative estimate of drug-likeness (QED) is 0.0218. The molecule has 19 nitrogen and oxygen atoms in total. The fourth-order valence-corrected chi connectivity index (χ4v) is 10.9. The van der Waals surface area contributed by atoms with Crippen molar-refractivity contribution in [3.63, 3.8) is 0 Å². The zero-order valence-corrected chi connectivity index (χ0v) is 50.2. The molecule has 12 N–H and O–H groups in total. The van der Waals surface area contributed by atoms with E-state index >= 15 is 0 Å². The van der Waals surface area contributed by atoms with Gasteiger partial charge in [-0.3, -0.25) is 4.79 Å². The molecule has 0 spiro atoms. The van der Waals surface area contributed by atoms with Gasteiger partial charge in [0, 0.05) is 6.42 Å². The lowest BCUT2D eigenvalue weighted by Crippen LogP contribution is -2.66. The van der Waals surface area contributed by atoms with Crippen LogP contribution in [0.3, 0.4) is 0 Å². The van der Waals surface area contributed by atoms with Gasteiger partial charge in [-0.25, -0.2) is 0 Å². The van der Waals surface area contributed by atoms with Crippen molar-refractivity contribution in [1.82, 2.24) is 5.32 Å². The Morgan fingerprint density at radius 1 is 0.427 bits per heavy atom. The van der Waals surface area contributed by atoms with E-state index in [9.17, 15) is 61.0 Å². The maximum absolute atomic E-state index is 13.3. The summed E-state index contributed by atoms with van der Waals surface area (Å²) in [6, 6.07) is -0.992. The predicted octanol–water partition coefficient (Wildman–Crippen LogP) is 6.88. The molecule has 0 bridgehead atoms. The van der Waals surface area contributed by atoms with E-state index in [1.165, 1.54) is 148 Å². The molecule has 0 aliphatic carbocycles. The second-order valence-corrected chi connectivity index (χ2v) is 23.2. The first kappa shape index (κ1) is 74.3. The lowest BCUT2D eigenvalue weighted by atomic mass is 9.96. The van der Waals surface area contributed by atoms with Gasteiger partial charge in [-0.2, -0.15) is 0 Å². The summed E-state index contributed by atoms with van der Waals surface area (Å²) in [5.74, 6) is -0.291. The van der Waals surface area contributed by atoms with Crippen molar-refractivity contribution in [2.75, 3.05) is 26.4 Å². The second-order valence-electron chi connectivity index (χ2n) is 23.2. The summed E-state index contributed by atoms with van der Waals surface area (Å²) < 4.78 is 34.2. The second kappa shape index (κ2) is 46.2. The van der Waals surface area contributed by atoms with Crippen molar-refractivity contribution in [3.8, 4) is 0 Å². The number of amides is 1. The predicted molar refractivity (Wildman–Crippen MR) is 314 cm³/mol. The minimum Gasteiger partial charge on any atom is -0.394 e. The van der Waals surface area contributed by atoms with Crippen molar-refractivity contribution >= 4 is 5.91 Å². The molecule has 82 heavy (non-hydrogen) atoms. The highest BCUT2D eigenvalue weighted by atomic mass is 16.8. The number of nitrogens with one attached hydrogen (secondary N) is 1. The number of aliphatic hydroxyl groups is 11. The Labute approximate surface area is 491 Å². The van der Waals surface area contributed by atoms with E-state index in [4.69, 9.17) is 28.4 Å². The molecule has 0 radical (unpaired) electrons. The van der Waals surface area contributed by atoms with Gasteiger partial charge in [-0.1, -0.05) is 211 Å². The molecular formula is C63H115NO18. The first-order valence-corrected chi connectivity index (χ1v) is 32.2. The summed E-state index contributed by atoms with van der Waals surface area (Å²) in [4.78, 5) is 13.3. The minimum atomic E-state index is -1.98. The summed E-state index contributed by atoms with van der Waals surface area (Å²) in [7, 11) is 0. The summed E-state index contributed by atoms with van der Waals surface area (Å²) in [5.41, 5.74) is 0. The van der Waals surface area contributed by atoms with Gasteiger partial charge >= 0.3 is 0 Å². The molecule has 3 heterocycles. The van der Waals surface area contributed by atoms with E-state index in [0.29, 0.717) is 12.8 Å². The average molecular weight is 1170 g/mol. The van der Waals surface area contributed by atoms with Crippen LogP contribution < -0.4 is 5.32 Å². The van der Waals surface area contributed by atoms with Crippen LogP contribution in [0.5, 0.6) is 0 Å². The molecule has 0 aromatic heterocycles. The van der Waals surface area contributed by atoms with Crippen LogP contribution in [0, 0.1) is 0 Å². The third kappa shape index (κ3) is 29.1. The summed E-state index contributed by atoms with van der Waals surface area (Å²) >= 11 is 0. The molecule has 0 aromatic carbocycles. The Morgan fingerprint density at radius 3 is 1.22 bits per heavy atom. The highest BCUT2D eigenvalue weighted by Gasteiger charge is 2.53. The largest absolute Gasteiger partial charge is 0.394 e. The van der Waals surface area contributed by atoms with Gasteiger partial charge in [-0.05, 0) is 44.9 Å². The van der Waals surface area contributed by atoms with E-state index in [1.807, 2.05) is 6.08 Å². The number of rotatable bonds is 48. The van der Waals surface area contributed by atoms with Crippen molar-refractivity contribution in [2.24, 2.45) is 0 Å². The maximum Gasteiger partial charge on any atom is 0.220 e. The third-order valence-electron chi connectivity index (χ3n) is 16.2. The highest BCUT2D eigenvalue weighted by Crippen LogP contribution is 2.33. The number of unbranched alkanes of at least 4 members (excludes halogenated alkanes) is 28. The Bertz CT molecular complexity index is 1640. The topological polar surface area (TPSA) is 307 Å². The van der Waals surface area contributed by atoms with Gasteiger partial charge in [0.25, 0.3) is 0 Å². The van der Waals surface area contributed by atoms with Crippen molar-refractivity contribution in [2.45, 2.75) is 330 Å². The van der Waals surface area contributed by atoms with Crippen LogP contribution in [0.4, 0.5) is 0 Å². The van der Waals surface area contributed by atoms with E-state index in [0.717, 1.165) is 44.9 Å². The van der Waals surface area contributed by atoms with Gasteiger partial charge in [0.2, 0.25) is 5.91 Å². The standard InChI is InChI=1S/C63H115NO18/c1-3-5-7-9-11-13-15-16-17-18-19-20-21-22-23-24-25-26-27-28-29-31-32-34-36-38-40-47(68)46(64-51(69)41-39-37-35-33-30-14-12-10-8-6-4-2)45-77-61-57(75)54(72)59(49(43-66)79-61)82-63-58(76)55(73)60(50(44-67)80-63)81-62-56(74)53(71)52(70)48(42-65)78-62/h26-27,31-32,38,40,46-50,52-63,65-68,70-76H,3-25,28-30,33-37,39,41-45H2,1-2H3,(H,64,69)/b27-26+,32-31+,40-38+. The number of hydrogen-bond donors (Lipinski definition) is 12. The molecule has 0 aromatic rings. The zero-order valence-electron chi connectivity index (χ0n) is 50.2. The smallest absolute Gasteiger partial charge is 0.220 e. The van der Waals surface area contributed by atoms with Crippen molar-refractivity contribution in [3.05, 3.63) is 36.5 Å². The normalized spacial score (nSPS) is 29.8. The monoisotopic (exact) mass is 1170 g/mol. The van der Waals surface area contributed by atoms with Crippen LogP contribution in [0.2, 0.25) is 0 Å². The molecule has 3 fully saturated rings. The van der Waals surface area contributed by atoms with Crippen LogP contribution in [0.25, 0.3) is 0 Å². The Hall–Kier alpha value is -1.99. The van der Waals surface area contributed by atoms with Crippen LogP contribution >= 0.6 is 0 Å². The molecule has 3 aliphatic rings. The number of carbonyl (C=O) groups excluding carboxylic acids is 1. The van der Waals surface area contributed by atoms with E-state index in [-0.39, 0.29) is 18.9 Å². The minimum absolute atomic E-state index is 0.234. The molecule has 17 unspecified atom stereocenters. The molecular weight excluding hydrogens is 1060 g/mol. The Morgan fingerprint density at radius 2 is 0.780 bits per heavy atom. The van der Waals surface area contributed by atoms with Crippen molar-refractivity contribution in [1.29, 1.82) is 0 Å². The summed E-state index contributed by atoms with van der Waals surface area (Å²) in [5, 5.41) is 120. The fourth-order valence-electron chi connectivity index (χ4n) is 10.9. The van der Waals surface area contributed by atoms with Crippen LogP contribution in [0.1, 0.15) is 226 Å². The van der Waals surface area contributed by atoms with Crippen LogP contribution in [0.15, 0.2) is 36.5 Å². The number of hydrogen-bond acceptors (Lipinski definition) is 18. The zero-order chi connectivity index (χ0) is 59.7. The van der Waals surface area contributed by atoms with E-state index < -0.39 is 124 Å². The highest BCUT2D eigenvalue weighted by molar-refractivity contribution is 5.76. The molecule has 3 saturated heterocycles.